The largest absolute Gasteiger partial charge is 0.361 e. The van der Waals surface area contributed by atoms with E-state index >= 15 is 0 Å². The predicted octanol–water partition coefficient (Wildman–Crippen LogP) is 3.65. The van der Waals surface area contributed by atoms with Gasteiger partial charge < -0.3 is 9.88 Å². The zero-order valence-corrected chi connectivity index (χ0v) is 14.1. The zero-order valence-electron chi connectivity index (χ0n) is 13.2. The van der Waals surface area contributed by atoms with Gasteiger partial charge in [0.25, 0.3) is 0 Å². The summed E-state index contributed by atoms with van der Waals surface area (Å²) < 4.78 is 0. The Hall–Kier alpha value is -2.67. The fourth-order valence-electron chi connectivity index (χ4n) is 2.95. The molecular formula is C17H17N5OS. The molecule has 3 aromatic rings. The minimum atomic E-state index is -0.125. The molecule has 122 valence electrons. The summed E-state index contributed by atoms with van der Waals surface area (Å²) in [6.07, 6.45) is 5.02. The second-order valence-corrected chi connectivity index (χ2v) is 6.91. The molecular weight excluding hydrogens is 322 g/mol. The van der Waals surface area contributed by atoms with E-state index in [9.17, 15) is 4.79 Å². The number of nitrogens with one attached hydrogen (secondary N) is 2. The van der Waals surface area contributed by atoms with Crippen LogP contribution < -0.4 is 5.32 Å². The number of hydrogen-bond acceptors (Lipinski definition) is 4. The van der Waals surface area contributed by atoms with Crippen LogP contribution in [0.2, 0.25) is 0 Å². The van der Waals surface area contributed by atoms with Crippen LogP contribution in [0, 0.1) is 6.92 Å². The Bertz CT molecular complexity index is 926. The molecule has 0 aliphatic carbocycles. The maximum absolute atomic E-state index is 12.3. The Labute approximate surface area is 143 Å². The fraction of sp³-hybridized carbons (Fsp3) is 0.235. The summed E-state index contributed by atoms with van der Waals surface area (Å²) in [5.41, 5.74) is 3.65. The Kier molecular flexibility index (Phi) is 3.78. The van der Waals surface area contributed by atoms with E-state index in [1.165, 1.54) is 27.9 Å². The fourth-order valence-corrected chi connectivity index (χ4v) is 3.53. The number of amides is 2. The van der Waals surface area contributed by atoms with E-state index in [0.717, 1.165) is 16.9 Å². The van der Waals surface area contributed by atoms with E-state index in [1.54, 1.807) is 4.90 Å². The lowest BCUT2D eigenvalue weighted by Gasteiger charge is -2.26. The van der Waals surface area contributed by atoms with Gasteiger partial charge in [-0.3, -0.25) is 5.32 Å². The monoisotopic (exact) mass is 339 g/mol. The third-order valence-electron chi connectivity index (χ3n) is 4.17. The molecule has 0 saturated carbocycles. The summed E-state index contributed by atoms with van der Waals surface area (Å²) >= 11 is 1.38. The van der Waals surface area contributed by atoms with E-state index < -0.39 is 0 Å². The maximum atomic E-state index is 12.3. The van der Waals surface area contributed by atoms with Crippen LogP contribution in [0.1, 0.15) is 17.0 Å². The van der Waals surface area contributed by atoms with Crippen molar-refractivity contribution < 1.29 is 4.79 Å². The van der Waals surface area contributed by atoms with Crippen molar-refractivity contribution in [2.45, 2.75) is 13.3 Å². The Balaban J connectivity index is 1.48. The molecule has 2 amide bonds. The second-order valence-electron chi connectivity index (χ2n) is 5.73. The molecule has 0 fully saturated rings. The van der Waals surface area contributed by atoms with Gasteiger partial charge in [0.1, 0.15) is 5.01 Å². The van der Waals surface area contributed by atoms with E-state index in [0.29, 0.717) is 18.2 Å². The molecule has 7 heteroatoms. The normalized spacial score (nSPS) is 14.7. The highest BCUT2D eigenvalue weighted by Crippen LogP contribution is 2.29. The lowest BCUT2D eigenvalue weighted by atomic mass is 9.99. The van der Waals surface area contributed by atoms with E-state index in [4.69, 9.17) is 0 Å². The number of anilines is 1. The van der Waals surface area contributed by atoms with Crippen molar-refractivity contribution in [2.75, 3.05) is 18.4 Å². The van der Waals surface area contributed by atoms with Gasteiger partial charge in [0.05, 0.1) is 0 Å². The minimum Gasteiger partial charge on any atom is -0.361 e. The van der Waals surface area contributed by atoms with Crippen molar-refractivity contribution in [2.24, 2.45) is 0 Å². The average Bonchev–Trinajstić information content (AvgIpc) is 3.21. The van der Waals surface area contributed by atoms with Gasteiger partial charge in [-0.05, 0) is 25.0 Å². The van der Waals surface area contributed by atoms with Gasteiger partial charge in [0.2, 0.25) is 5.13 Å². The van der Waals surface area contributed by atoms with Gasteiger partial charge in [-0.15, -0.1) is 10.2 Å². The molecule has 6 nitrogen and oxygen atoms in total. The first kappa shape index (κ1) is 14.9. The van der Waals surface area contributed by atoms with E-state index in [2.05, 4.69) is 44.9 Å². The summed E-state index contributed by atoms with van der Waals surface area (Å²) in [4.78, 5) is 17.4. The first-order valence-corrected chi connectivity index (χ1v) is 8.64. The second kappa shape index (κ2) is 6.09. The number of rotatable bonds is 2. The van der Waals surface area contributed by atoms with Gasteiger partial charge >= 0.3 is 6.03 Å². The van der Waals surface area contributed by atoms with Crippen LogP contribution in [0.4, 0.5) is 9.93 Å². The number of para-hydroxylation sites is 1. The Morgan fingerprint density at radius 1 is 1.33 bits per heavy atom. The topological polar surface area (TPSA) is 73.9 Å². The first-order chi connectivity index (χ1) is 11.7. The predicted molar refractivity (Wildman–Crippen MR) is 96.1 cm³/mol. The van der Waals surface area contributed by atoms with Gasteiger partial charge in [0, 0.05) is 35.8 Å². The summed E-state index contributed by atoms with van der Waals surface area (Å²) in [5, 5.41) is 13.3. The van der Waals surface area contributed by atoms with Crippen LogP contribution in [-0.4, -0.2) is 39.2 Å². The number of urea groups is 1. The van der Waals surface area contributed by atoms with Crippen LogP contribution >= 0.6 is 11.3 Å². The molecule has 24 heavy (non-hydrogen) atoms. The summed E-state index contributed by atoms with van der Waals surface area (Å²) in [7, 11) is 0. The van der Waals surface area contributed by atoms with Crippen molar-refractivity contribution >= 4 is 39.0 Å². The number of carbonyl (C=O) groups is 1. The number of hydrogen-bond donors (Lipinski definition) is 2. The van der Waals surface area contributed by atoms with Crippen molar-refractivity contribution in [3.63, 3.8) is 0 Å². The number of carbonyl (C=O) groups excluding carboxylic acids is 1. The van der Waals surface area contributed by atoms with Crippen LogP contribution in [0.3, 0.4) is 0 Å². The summed E-state index contributed by atoms with van der Waals surface area (Å²) in [6, 6.07) is 8.15. The molecule has 0 spiro atoms. The number of nitrogens with zero attached hydrogens (tertiary/aromatic N) is 3. The molecule has 0 unspecified atom stereocenters. The quantitative estimate of drug-likeness (QED) is 0.748. The van der Waals surface area contributed by atoms with Crippen molar-refractivity contribution in [1.29, 1.82) is 0 Å². The number of benzene rings is 1. The Morgan fingerprint density at radius 3 is 2.96 bits per heavy atom. The van der Waals surface area contributed by atoms with E-state index in [-0.39, 0.29) is 6.03 Å². The van der Waals surface area contributed by atoms with Crippen LogP contribution in [0.25, 0.3) is 16.5 Å². The smallest absolute Gasteiger partial charge is 0.323 e. The molecule has 1 aliphatic rings. The zero-order chi connectivity index (χ0) is 16.5. The summed E-state index contributed by atoms with van der Waals surface area (Å²) in [6.45, 7) is 3.15. The molecule has 0 atom stereocenters. The molecule has 1 aromatic carbocycles. The van der Waals surface area contributed by atoms with Crippen LogP contribution in [0.5, 0.6) is 0 Å². The number of fused-ring (bicyclic) bond motifs is 1. The number of aromatic amines is 1. The van der Waals surface area contributed by atoms with E-state index in [1.807, 2.05) is 19.1 Å². The summed E-state index contributed by atoms with van der Waals surface area (Å²) in [5.74, 6) is 0. The third kappa shape index (κ3) is 2.78. The highest BCUT2D eigenvalue weighted by Gasteiger charge is 2.20. The number of H-pyrrole nitrogens is 1. The number of aromatic nitrogens is 3. The Morgan fingerprint density at radius 2 is 2.21 bits per heavy atom. The molecule has 0 radical (unpaired) electrons. The van der Waals surface area contributed by atoms with Gasteiger partial charge in [-0.1, -0.05) is 35.6 Å². The molecule has 0 saturated heterocycles. The molecule has 2 aromatic heterocycles. The standard InChI is InChI=1S/C17H17N5OS/c1-11-20-21-16(24-11)19-17(23)22-8-6-12(7-9-22)14-10-18-15-5-3-2-4-13(14)15/h2-6,10,18H,7-9H2,1H3,(H,19,21,23). The number of aryl methyl sites for hydroxylation is 1. The molecule has 0 bridgehead atoms. The van der Waals surface area contributed by atoms with Crippen molar-refractivity contribution in [1.82, 2.24) is 20.1 Å². The average molecular weight is 339 g/mol. The van der Waals surface area contributed by atoms with Crippen LogP contribution in [0.15, 0.2) is 36.5 Å². The van der Waals surface area contributed by atoms with Gasteiger partial charge in [-0.2, -0.15) is 0 Å². The third-order valence-corrected chi connectivity index (χ3v) is 4.93. The van der Waals surface area contributed by atoms with Crippen molar-refractivity contribution in [3.05, 3.63) is 47.1 Å². The van der Waals surface area contributed by atoms with Gasteiger partial charge in [0.15, 0.2) is 0 Å². The van der Waals surface area contributed by atoms with Gasteiger partial charge in [-0.25, -0.2) is 4.79 Å². The van der Waals surface area contributed by atoms with Crippen LogP contribution in [-0.2, 0) is 0 Å². The lowest BCUT2D eigenvalue weighted by molar-refractivity contribution is 0.217. The minimum absolute atomic E-state index is 0.125. The highest BCUT2D eigenvalue weighted by atomic mass is 32.1. The maximum Gasteiger partial charge on any atom is 0.323 e. The lowest BCUT2D eigenvalue weighted by Crippen LogP contribution is -2.37. The molecule has 2 N–H and O–H groups in total. The molecule has 4 rings (SSSR count). The SMILES string of the molecule is Cc1nnc(NC(=O)N2CC=C(c3c[nH]c4ccccc34)CC2)s1. The molecule has 1 aliphatic heterocycles. The highest BCUT2D eigenvalue weighted by molar-refractivity contribution is 7.15. The first-order valence-electron chi connectivity index (χ1n) is 7.82. The van der Waals surface area contributed by atoms with Crippen molar-refractivity contribution in [3.8, 4) is 0 Å². The molecule has 3 heterocycles.